The highest BCUT2D eigenvalue weighted by Gasteiger charge is 2.34. The molecular weight excluding hydrogens is 233 g/mol. The summed E-state index contributed by atoms with van der Waals surface area (Å²) < 4.78 is 41.2. The van der Waals surface area contributed by atoms with Crippen LogP contribution in [0.3, 0.4) is 0 Å². The zero-order valence-corrected chi connectivity index (χ0v) is 8.82. The zero-order chi connectivity index (χ0) is 11.9. The maximum absolute atomic E-state index is 12.3. The fraction of sp³-hybridized carbons (Fsp3) is 0.625. The van der Waals surface area contributed by atoms with E-state index in [0.717, 1.165) is 0 Å². The van der Waals surface area contributed by atoms with E-state index in [0.29, 0.717) is 17.8 Å². The quantitative estimate of drug-likeness (QED) is 0.591. The summed E-state index contributed by atoms with van der Waals surface area (Å²) in [4.78, 5) is 9.73. The van der Waals surface area contributed by atoms with Crippen molar-refractivity contribution in [1.82, 2.24) is 0 Å². The summed E-state index contributed by atoms with van der Waals surface area (Å²) in [6, 6.07) is 0. The second-order valence-electron chi connectivity index (χ2n) is 2.33. The van der Waals surface area contributed by atoms with Gasteiger partial charge >= 0.3 is 12.1 Å². The standard InChI is InChI=1S/C8H11F3O3S/c1-2-14-7(13)5-6(8(9,10)11)15-4-3-12/h5,12H,2-4H2,1H3/b6-5+. The monoisotopic (exact) mass is 244 g/mol. The number of aliphatic hydroxyl groups is 1. The Hall–Kier alpha value is -0.690. The van der Waals surface area contributed by atoms with Gasteiger partial charge in [0.05, 0.1) is 18.1 Å². The number of hydrogen-bond acceptors (Lipinski definition) is 4. The SMILES string of the molecule is CCOC(=O)/C=C(/SCCO)C(F)(F)F. The molecule has 0 saturated heterocycles. The molecule has 0 aromatic heterocycles. The van der Waals surface area contributed by atoms with Crippen LogP contribution < -0.4 is 0 Å². The van der Waals surface area contributed by atoms with Gasteiger partial charge in [-0.1, -0.05) is 0 Å². The third-order valence-corrected chi connectivity index (χ3v) is 2.21. The molecule has 88 valence electrons. The van der Waals surface area contributed by atoms with Gasteiger partial charge in [0.25, 0.3) is 0 Å². The van der Waals surface area contributed by atoms with Crippen molar-refractivity contribution in [2.45, 2.75) is 13.1 Å². The van der Waals surface area contributed by atoms with Gasteiger partial charge in [0.15, 0.2) is 0 Å². The van der Waals surface area contributed by atoms with Gasteiger partial charge in [0.2, 0.25) is 0 Å². The zero-order valence-electron chi connectivity index (χ0n) is 8.00. The molecule has 15 heavy (non-hydrogen) atoms. The van der Waals surface area contributed by atoms with Crippen LogP contribution in [0.2, 0.25) is 0 Å². The summed E-state index contributed by atoms with van der Waals surface area (Å²) >= 11 is 0.368. The van der Waals surface area contributed by atoms with Gasteiger partial charge in [-0.05, 0) is 6.92 Å². The molecule has 0 unspecified atom stereocenters. The van der Waals surface area contributed by atoms with Crippen molar-refractivity contribution in [2.24, 2.45) is 0 Å². The van der Waals surface area contributed by atoms with Gasteiger partial charge in [-0.2, -0.15) is 13.2 Å². The molecule has 0 spiro atoms. The van der Waals surface area contributed by atoms with Gasteiger partial charge in [-0.25, -0.2) is 4.79 Å². The van der Waals surface area contributed by atoms with Crippen molar-refractivity contribution < 1.29 is 27.8 Å². The Bertz CT molecular complexity index is 238. The van der Waals surface area contributed by atoms with Gasteiger partial charge < -0.3 is 9.84 Å². The number of allylic oxidation sites excluding steroid dienone is 1. The third-order valence-electron chi connectivity index (χ3n) is 1.16. The van der Waals surface area contributed by atoms with Crippen LogP contribution in [0.25, 0.3) is 0 Å². The highest BCUT2D eigenvalue weighted by molar-refractivity contribution is 8.03. The van der Waals surface area contributed by atoms with Crippen LogP contribution in [-0.2, 0) is 9.53 Å². The van der Waals surface area contributed by atoms with Crippen molar-refractivity contribution in [3.05, 3.63) is 11.0 Å². The number of hydrogen-bond donors (Lipinski definition) is 1. The number of alkyl halides is 3. The summed E-state index contributed by atoms with van der Waals surface area (Å²) in [6.45, 7) is 1.13. The van der Waals surface area contributed by atoms with Crippen molar-refractivity contribution in [2.75, 3.05) is 19.0 Å². The molecular formula is C8H11F3O3S. The molecule has 0 rings (SSSR count). The maximum Gasteiger partial charge on any atom is 0.422 e. The highest BCUT2D eigenvalue weighted by atomic mass is 32.2. The largest absolute Gasteiger partial charge is 0.463 e. The van der Waals surface area contributed by atoms with Crippen LogP contribution in [0.1, 0.15) is 6.92 Å². The molecule has 7 heteroatoms. The number of esters is 1. The van der Waals surface area contributed by atoms with E-state index in [9.17, 15) is 18.0 Å². The van der Waals surface area contributed by atoms with E-state index in [-0.39, 0.29) is 19.0 Å². The van der Waals surface area contributed by atoms with Crippen LogP contribution in [0.15, 0.2) is 11.0 Å². The van der Waals surface area contributed by atoms with Crippen molar-refractivity contribution in [3.63, 3.8) is 0 Å². The average molecular weight is 244 g/mol. The first-order chi connectivity index (χ1) is 6.91. The minimum atomic E-state index is -4.59. The van der Waals surface area contributed by atoms with E-state index in [4.69, 9.17) is 5.11 Å². The second-order valence-corrected chi connectivity index (χ2v) is 3.47. The molecule has 0 aromatic rings. The maximum atomic E-state index is 12.3. The van der Waals surface area contributed by atoms with Crippen molar-refractivity contribution >= 4 is 17.7 Å². The van der Waals surface area contributed by atoms with E-state index < -0.39 is 17.1 Å². The number of ether oxygens (including phenoxy) is 1. The fourth-order valence-electron chi connectivity index (χ4n) is 0.652. The van der Waals surface area contributed by atoms with E-state index in [1.807, 2.05) is 0 Å². The van der Waals surface area contributed by atoms with Gasteiger partial charge in [-0.3, -0.25) is 0 Å². The summed E-state index contributed by atoms with van der Waals surface area (Å²) in [7, 11) is 0. The second kappa shape index (κ2) is 6.73. The first-order valence-corrected chi connectivity index (χ1v) is 5.09. The lowest BCUT2D eigenvalue weighted by Crippen LogP contribution is -2.13. The summed E-state index contributed by atoms with van der Waals surface area (Å²) in [5.74, 6) is -1.15. The normalized spacial score (nSPS) is 12.7. The fourth-order valence-corrected chi connectivity index (χ4v) is 1.31. The number of aliphatic hydroxyl groups excluding tert-OH is 1. The molecule has 0 amide bonds. The van der Waals surface area contributed by atoms with Crippen LogP contribution in [0.5, 0.6) is 0 Å². The van der Waals surface area contributed by atoms with E-state index in [2.05, 4.69) is 4.74 Å². The molecule has 0 aromatic carbocycles. The third kappa shape index (κ3) is 6.40. The summed E-state index contributed by atoms with van der Waals surface area (Å²) in [5, 5.41) is 8.39. The molecule has 0 atom stereocenters. The van der Waals surface area contributed by atoms with Crippen LogP contribution in [-0.4, -0.2) is 36.2 Å². The van der Waals surface area contributed by atoms with E-state index in [1.165, 1.54) is 6.92 Å². The number of halogens is 3. The molecule has 0 radical (unpaired) electrons. The van der Waals surface area contributed by atoms with E-state index >= 15 is 0 Å². The lowest BCUT2D eigenvalue weighted by molar-refractivity contribution is -0.138. The molecule has 0 aliphatic heterocycles. The van der Waals surface area contributed by atoms with Gasteiger partial charge in [-0.15, -0.1) is 11.8 Å². The Balaban J connectivity index is 4.54. The first kappa shape index (κ1) is 14.3. The van der Waals surface area contributed by atoms with Crippen LogP contribution in [0, 0.1) is 0 Å². The number of carbonyl (C=O) groups excluding carboxylic acids is 1. The van der Waals surface area contributed by atoms with Gasteiger partial charge in [0.1, 0.15) is 0 Å². The van der Waals surface area contributed by atoms with Crippen molar-refractivity contribution in [1.29, 1.82) is 0 Å². The van der Waals surface area contributed by atoms with Crippen molar-refractivity contribution in [3.8, 4) is 0 Å². The molecule has 0 fully saturated rings. The highest BCUT2D eigenvalue weighted by Crippen LogP contribution is 2.34. The predicted octanol–water partition coefficient (Wildman–Crippen LogP) is 1.72. The molecule has 0 saturated carbocycles. The molecule has 0 bridgehead atoms. The predicted molar refractivity (Wildman–Crippen MR) is 50.3 cm³/mol. The lowest BCUT2D eigenvalue weighted by atomic mass is 10.5. The lowest BCUT2D eigenvalue weighted by Gasteiger charge is -2.09. The molecule has 0 aliphatic rings. The first-order valence-electron chi connectivity index (χ1n) is 4.11. The Morgan fingerprint density at radius 1 is 1.53 bits per heavy atom. The summed E-state index contributed by atoms with van der Waals surface area (Å²) in [6.07, 6.45) is -4.20. The number of rotatable bonds is 5. The number of carbonyl (C=O) groups is 1. The Morgan fingerprint density at radius 3 is 2.53 bits per heavy atom. The Kier molecular flexibility index (Phi) is 6.42. The van der Waals surface area contributed by atoms with Crippen LogP contribution in [0.4, 0.5) is 13.2 Å². The number of thioether (sulfide) groups is 1. The molecule has 0 heterocycles. The Morgan fingerprint density at radius 2 is 2.13 bits per heavy atom. The van der Waals surface area contributed by atoms with Crippen LogP contribution >= 0.6 is 11.8 Å². The Labute approximate surface area is 89.3 Å². The summed E-state index contributed by atoms with van der Waals surface area (Å²) in [5.41, 5.74) is 0. The topological polar surface area (TPSA) is 46.5 Å². The average Bonchev–Trinajstić information content (AvgIpc) is 2.10. The molecule has 3 nitrogen and oxygen atoms in total. The minimum absolute atomic E-state index is 0.0190. The molecule has 1 N–H and O–H groups in total. The molecule has 0 aliphatic carbocycles. The minimum Gasteiger partial charge on any atom is -0.463 e. The smallest absolute Gasteiger partial charge is 0.422 e. The van der Waals surface area contributed by atoms with E-state index in [1.54, 1.807) is 0 Å². The van der Waals surface area contributed by atoms with Gasteiger partial charge in [0, 0.05) is 11.8 Å².